The van der Waals surface area contributed by atoms with Crippen LogP contribution in [0.5, 0.6) is 0 Å². The smallest absolute Gasteiger partial charge is 0.407 e. The van der Waals surface area contributed by atoms with Gasteiger partial charge < -0.3 is 19.9 Å². The van der Waals surface area contributed by atoms with Crippen LogP contribution in [0.4, 0.5) is 9.59 Å². The quantitative estimate of drug-likeness (QED) is 0.526. The van der Waals surface area contributed by atoms with Gasteiger partial charge in [-0.15, -0.1) is 0 Å². The molecular weight excluding hydrogens is 472 g/mol. The maximum Gasteiger partial charge on any atom is 0.407 e. The summed E-state index contributed by atoms with van der Waals surface area (Å²) in [6.07, 6.45) is 2.65. The molecule has 2 atom stereocenters. The third-order valence-electron chi connectivity index (χ3n) is 6.41. The summed E-state index contributed by atoms with van der Waals surface area (Å²) in [6, 6.07) is 7.08. The van der Waals surface area contributed by atoms with Gasteiger partial charge in [0.05, 0.1) is 5.92 Å². The van der Waals surface area contributed by atoms with E-state index in [1.807, 2.05) is 44.3 Å². The van der Waals surface area contributed by atoms with Gasteiger partial charge in [0.1, 0.15) is 11.4 Å². The zero-order valence-electron chi connectivity index (χ0n) is 22.8. The number of Topliss-reactive ketones (excluding diaryl/α,β-unsaturated/α-hetero) is 1. The number of H-pyrrole nitrogens is 1. The number of carbonyl (C=O) groups is 4. The van der Waals surface area contributed by atoms with Crippen molar-refractivity contribution < 1.29 is 23.9 Å². The number of urea groups is 1. The number of fused-ring (bicyclic) bond motifs is 1. The molecule has 1 fully saturated rings. The Hall–Kier alpha value is -3.36. The molecule has 9 nitrogen and oxygen atoms in total. The standard InChI is InChI=1S/C28H40N4O5/c1-18(2)17-32(24(34)13-14-29-26(35)37-28(4,5)6)27(36)31-15-9-12-23(31)25(19(3)33)21-16-30-22-11-8-7-10-20(21)22/h7-8,10-11,16,18,23,25,30H,9,12-15,17H2,1-6H3,(H,29,35)/t23-,25?/m0/s1. The van der Waals surface area contributed by atoms with E-state index in [9.17, 15) is 19.2 Å². The normalized spacial score (nSPS) is 16.6. The van der Waals surface area contributed by atoms with E-state index in [-0.39, 0.29) is 49.2 Å². The summed E-state index contributed by atoms with van der Waals surface area (Å²) >= 11 is 0. The average molecular weight is 513 g/mol. The molecule has 0 spiro atoms. The summed E-state index contributed by atoms with van der Waals surface area (Å²) in [7, 11) is 0. The summed E-state index contributed by atoms with van der Waals surface area (Å²) < 4.78 is 5.22. The van der Waals surface area contributed by atoms with Crippen molar-refractivity contribution in [3.8, 4) is 0 Å². The molecule has 2 N–H and O–H groups in total. The van der Waals surface area contributed by atoms with Crippen molar-refractivity contribution in [2.24, 2.45) is 5.92 Å². The van der Waals surface area contributed by atoms with Crippen LogP contribution in [0.15, 0.2) is 30.5 Å². The molecule has 1 unspecified atom stereocenters. The molecule has 1 aliphatic rings. The predicted molar refractivity (Wildman–Crippen MR) is 142 cm³/mol. The van der Waals surface area contributed by atoms with Crippen molar-refractivity contribution >= 4 is 34.7 Å². The van der Waals surface area contributed by atoms with E-state index in [0.717, 1.165) is 22.9 Å². The number of rotatable bonds is 8. The number of hydrogen-bond acceptors (Lipinski definition) is 5. The van der Waals surface area contributed by atoms with Gasteiger partial charge in [0.25, 0.3) is 0 Å². The Kier molecular flexibility index (Phi) is 8.99. The maximum absolute atomic E-state index is 13.8. The lowest BCUT2D eigenvalue weighted by atomic mass is 9.86. The van der Waals surface area contributed by atoms with Crippen molar-refractivity contribution in [1.82, 2.24) is 20.1 Å². The minimum atomic E-state index is -0.642. The summed E-state index contributed by atoms with van der Waals surface area (Å²) in [5, 5.41) is 3.55. The molecule has 2 aromatic rings. The highest BCUT2D eigenvalue weighted by atomic mass is 16.6. The highest BCUT2D eigenvalue weighted by molar-refractivity contribution is 5.96. The van der Waals surface area contributed by atoms with Crippen LogP contribution >= 0.6 is 0 Å². The Balaban J connectivity index is 1.78. The SMILES string of the molecule is CC(=O)C(c1c[nH]c2ccccc12)[C@@H]1CCCN1C(=O)N(CC(C)C)C(=O)CCNC(=O)OC(C)(C)C. The zero-order valence-corrected chi connectivity index (χ0v) is 22.8. The van der Waals surface area contributed by atoms with Gasteiger partial charge in [-0.05, 0) is 58.1 Å². The van der Waals surface area contributed by atoms with Gasteiger partial charge >= 0.3 is 12.1 Å². The van der Waals surface area contributed by atoms with Gasteiger partial charge in [0.15, 0.2) is 0 Å². The van der Waals surface area contributed by atoms with E-state index in [0.29, 0.717) is 13.0 Å². The van der Waals surface area contributed by atoms with Crippen molar-refractivity contribution in [3.63, 3.8) is 0 Å². The van der Waals surface area contributed by atoms with E-state index in [2.05, 4.69) is 10.3 Å². The number of hydrogen-bond donors (Lipinski definition) is 2. The third kappa shape index (κ3) is 7.11. The van der Waals surface area contributed by atoms with E-state index in [4.69, 9.17) is 4.74 Å². The lowest BCUT2D eigenvalue weighted by molar-refractivity contribution is -0.129. The number of aromatic amines is 1. The van der Waals surface area contributed by atoms with Crippen LogP contribution < -0.4 is 5.32 Å². The van der Waals surface area contributed by atoms with Gasteiger partial charge in [-0.25, -0.2) is 9.59 Å². The van der Waals surface area contributed by atoms with E-state index >= 15 is 0 Å². The van der Waals surface area contributed by atoms with E-state index in [1.165, 1.54) is 4.90 Å². The number of imide groups is 1. The van der Waals surface area contributed by atoms with Gasteiger partial charge in [-0.3, -0.25) is 14.5 Å². The van der Waals surface area contributed by atoms with Crippen LogP contribution in [0.1, 0.15) is 72.3 Å². The summed E-state index contributed by atoms with van der Waals surface area (Å²) in [5.41, 5.74) is 1.17. The molecule has 37 heavy (non-hydrogen) atoms. The van der Waals surface area contributed by atoms with Gasteiger partial charge in [-0.1, -0.05) is 32.0 Å². The number of aromatic nitrogens is 1. The molecule has 2 heterocycles. The lowest BCUT2D eigenvalue weighted by Crippen LogP contribution is -2.51. The largest absolute Gasteiger partial charge is 0.444 e. The van der Waals surface area contributed by atoms with Gasteiger partial charge in [-0.2, -0.15) is 0 Å². The molecule has 9 heteroatoms. The third-order valence-corrected chi connectivity index (χ3v) is 6.41. The molecule has 1 saturated heterocycles. The van der Waals surface area contributed by atoms with Crippen LogP contribution in [0.3, 0.4) is 0 Å². The molecular formula is C28H40N4O5. The molecule has 4 amide bonds. The number of ether oxygens (including phenoxy) is 1. The van der Waals surface area contributed by atoms with Gasteiger partial charge in [0.2, 0.25) is 5.91 Å². The Morgan fingerprint density at radius 2 is 1.89 bits per heavy atom. The van der Waals surface area contributed by atoms with E-state index in [1.54, 1.807) is 32.6 Å². The molecule has 1 aromatic heterocycles. The monoisotopic (exact) mass is 512 g/mol. The number of nitrogens with one attached hydrogen (secondary N) is 2. The number of benzene rings is 1. The predicted octanol–water partition coefficient (Wildman–Crippen LogP) is 4.82. The average Bonchev–Trinajstić information content (AvgIpc) is 3.44. The minimum absolute atomic E-state index is 0.0160. The summed E-state index contributed by atoms with van der Waals surface area (Å²) in [6.45, 7) is 11.5. The van der Waals surface area contributed by atoms with Gasteiger partial charge in [0, 0.05) is 49.2 Å². The number of para-hydroxylation sites is 1. The van der Waals surface area contributed by atoms with E-state index < -0.39 is 17.6 Å². The second-order valence-corrected chi connectivity index (χ2v) is 11.1. The number of ketones is 1. The lowest BCUT2D eigenvalue weighted by Gasteiger charge is -2.34. The fraction of sp³-hybridized carbons (Fsp3) is 0.571. The van der Waals surface area contributed by atoms with Crippen LogP contribution in [0, 0.1) is 5.92 Å². The van der Waals surface area contributed by atoms with Crippen LogP contribution in [0.2, 0.25) is 0 Å². The summed E-state index contributed by atoms with van der Waals surface area (Å²) in [4.78, 5) is 58.0. The minimum Gasteiger partial charge on any atom is -0.444 e. The molecule has 0 bridgehead atoms. The molecule has 3 rings (SSSR count). The van der Waals surface area contributed by atoms with Crippen LogP contribution in [-0.2, 0) is 14.3 Å². The van der Waals surface area contributed by atoms with Crippen LogP contribution in [-0.4, -0.2) is 69.9 Å². The Bertz CT molecular complexity index is 1130. The fourth-order valence-electron chi connectivity index (χ4n) is 4.95. The topological polar surface area (TPSA) is 112 Å². The second kappa shape index (κ2) is 11.8. The van der Waals surface area contributed by atoms with Crippen molar-refractivity contribution in [2.45, 2.75) is 78.4 Å². The maximum atomic E-state index is 13.8. The van der Waals surface area contributed by atoms with Crippen molar-refractivity contribution in [3.05, 3.63) is 36.0 Å². The Morgan fingerprint density at radius 3 is 2.54 bits per heavy atom. The Labute approximate surface area is 218 Å². The van der Waals surface area contributed by atoms with Crippen molar-refractivity contribution in [1.29, 1.82) is 0 Å². The molecule has 0 radical (unpaired) electrons. The first kappa shape index (κ1) is 28.2. The number of nitrogens with zero attached hydrogens (tertiary/aromatic N) is 2. The first-order chi connectivity index (χ1) is 17.4. The molecule has 202 valence electrons. The number of likely N-dealkylation sites (tertiary alicyclic amines) is 1. The fourth-order valence-corrected chi connectivity index (χ4v) is 4.95. The molecule has 0 saturated carbocycles. The second-order valence-electron chi connectivity index (χ2n) is 11.1. The molecule has 0 aliphatic carbocycles. The first-order valence-corrected chi connectivity index (χ1v) is 13.0. The first-order valence-electron chi connectivity index (χ1n) is 13.0. The molecule has 1 aromatic carbocycles. The van der Waals surface area contributed by atoms with Crippen molar-refractivity contribution in [2.75, 3.05) is 19.6 Å². The Morgan fingerprint density at radius 1 is 1.19 bits per heavy atom. The number of amides is 4. The highest BCUT2D eigenvalue weighted by Crippen LogP contribution is 2.36. The number of carbonyl (C=O) groups excluding carboxylic acids is 4. The summed E-state index contributed by atoms with van der Waals surface area (Å²) in [5.74, 6) is -0.818. The van der Waals surface area contributed by atoms with Crippen LogP contribution in [0.25, 0.3) is 10.9 Å². The highest BCUT2D eigenvalue weighted by Gasteiger charge is 2.41. The number of alkyl carbamates (subject to hydrolysis) is 1. The zero-order chi connectivity index (χ0) is 27.3. The molecule has 1 aliphatic heterocycles.